The number of rotatable bonds is 4. The molecule has 1 heterocycles. The topological polar surface area (TPSA) is 37.8 Å². The Morgan fingerprint density at radius 2 is 1.83 bits per heavy atom. The predicted molar refractivity (Wildman–Crippen MR) is 82.1 cm³/mol. The highest BCUT2D eigenvalue weighted by Gasteiger charge is 2.31. The molecule has 0 amide bonds. The Kier molecular flexibility index (Phi) is 3.73. The molecule has 0 radical (unpaired) electrons. The van der Waals surface area contributed by atoms with Gasteiger partial charge in [-0.2, -0.15) is 0 Å². The first-order chi connectivity index (χ1) is 8.79. The molecule has 3 nitrogen and oxygen atoms in total. The molecule has 2 aliphatic carbocycles. The summed E-state index contributed by atoms with van der Waals surface area (Å²) in [6, 6.07) is 0. The molecule has 0 aromatic carbocycles. The van der Waals surface area contributed by atoms with Crippen molar-refractivity contribution in [3.05, 3.63) is 15.1 Å². The molecule has 0 bridgehead atoms. The minimum atomic E-state index is 0.608. The van der Waals surface area contributed by atoms with Crippen molar-refractivity contribution < 1.29 is 0 Å². The van der Waals surface area contributed by atoms with Crippen molar-refractivity contribution in [1.82, 2.24) is 9.97 Å². The smallest absolute Gasteiger partial charge is 0.143 e. The fraction of sp³-hybridized carbons (Fsp3) is 0.714. The fourth-order valence-corrected chi connectivity index (χ4v) is 3.63. The number of hydrogen-bond acceptors (Lipinski definition) is 3. The molecule has 1 aromatic heterocycles. The van der Waals surface area contributed by atoms with Crippen LogP contribution in [0.5, 0.6) is 0 Å². The summed E-state index contributed by atoms with van der Waals surface area (Å²) in [5.74, 6) is 3.48. The van der Waals surface area contributed by atoms with E-state index < -0.39 is 0 Å². The van der Waals surface area contributed by atoms with Gasteiger partial charge in [0.2, 0.25) is 0 Å². The summed E-state index contributed by atoms with van der Waals surface area (Å²) in [5.41, 5.74) is 1.31. The van der Waals surface area contributed by atoms with E-state index in [1.165, 1.54) is 47.8 Å². The van der Waals surface area contributed by atoms with Crippen LogP contribution >= 0.6 is 22.6 Å². The van der Waals surface area contributed by atoms with E-state index in [2.05, 4.69) is 34.8 Å². The molecular formula is C14H20IN3. The molecular weight excluding hydrogens is 337 g/mol. The average Bonchev–Trinajstić information content (AvgIpc) is 3.06. The van der Waals surface area contributed by atoms with Crippen molar-refractivity contribution in [2.45, 2.75) is 57.3 Å². The third-order valence-corrected chi connectivity index (χ3v) is 4.99. The Morgan fingerprint density at radius 3 is 2.44 bits per heavy atom. The molecule has 18 heavy (non-hydrogen) atoms. The van der Waals surface area contributed by atoms with Gasteiger partial charge in [-0.05, 0) is 55.2 Å². The SMILES string of the molecule is CCNc1nc(C2CCCC2)nc(C2CC2)c1I. The minimum Gasteiger partial charge on any atom is -0.369 e. The summed E-state index contributed by atoms with van der Waals surface area (Å²) in [7, 11) is 0. The van der Waals surface area contributed by atoms with Gasteiger partial charge in [-0.15, -0.1) is 0 Å². The summed E-state index contributed by atoms with van der Waals surface area (Å²) in [5, 5.41) is 3.40. The van der Waals surface area contributed by atoms with Crippen molar-refractivity contribution in [1.29, 1.82) is 0 Å². The molecule has 2 saturated carbocycles. The van der Waals surface area contributed by atoms with E-state index in [-0.39, 0.29) is 0 Å². The second kappa shape index (κ2) is 5.31. The van der Waals surface area contributed by atoms with Crippen LogP contribution in [-0.2, 0) is 0 Å². The van der Waals surface area contributed by atoms with Crippen molar-refractivity contribution in [3.63, 3.8) is 0 Å². The predicted octanol–water partition coefficient (Wildman–Crippen LogP) is 4.05. The van der Waals surface area contributed by atoms with Crippen LogP contribution in [0.4, 0.5) is 5.82 Å². The van der Waals surface area contributed by atoms with Gasteiger partial charge in [0.25, 0.3) is 0 Å². The molecule has 1 N–H and O–H groups in total. The summed E-state index contributed by atoms with van der Waals surface area (Å²) in [6.45, 7) is 3.06. The van der Waals surface area contributed by atoms with Crippen LogP contribution in [0.15, 0.2) is 0 Å². The molecule has 0 saturated heterocycles. The first-order valence-corrected chi connectivity index (χ1v) is 8.18. The van der Waals surface area contributed by atoms with Gasteiger partial charge in [-0.1, -0.05) is 12.8 Å². The number of aromatic nitrogens is 2. The van der Waals surface area contributed by atoms with E-state index >= 15 is 0 Å². The highest BCUT2D eigenvalue weighted by atomic mass is 127. The molecule has 0 unspecified atom stereocenters. The largest absolute Gasteiger partial charge is 0.369 e. The van der Waals surface area contributed by atoms with Crippen LogP contribution in [-0.4, -0.2) is 16.5 Å². The van der Waals surface area contributed by atoms with E-state index in [9.17, 15) is 0 Å². The highest BCUT2D eigenvalue weighted by Crippen LogP contribution is 2.43. The standard InChI is InChI=1S/C14H20IN3/c1-2-16-14-11(15)12(9-7-8-9)17-13(18-14)10-5-3-4-6-10/h9-10H,2-8H2,1H3,(H,16,17,18). The first kappa shape index (κ1) is 12.6. The third kappa shape index (κ3) is 2.49. The van der Waals surface area contributed by atoms with Gasteiger partial charge in [0.05, 0.1) is 9.26 Å². The van der Waals surface area contributed by atoms with Gasteiger partial charge in [-0.3, -0.25) is 0 Å². The molecule has 0 spiro atoms. The van der Waals surface area contributed by atoms with E-state index in [1.54, 1.807) is 0 Å². The Labute approximate surface area is 122 Å². The molecule has 2 fully saturated rings. The molecule has 3 rings (SSSR count). The van der Waals surface area contributed by atoms with Crippen molar-refractivity contribution in [2.24, 2.45) is 0 Å². The van der Waals surface area contributed by atoms with Crippen LogP contribution in [0.2, 0.25) is 0 Å². The zero-order valence-electron chi connectivity index (χ0n) is 10.9. The fourth-order valence-electron chi connectivity index (χ4n) is 2.76. The van der Waals surface area contributed by atoms with Crippen LogP contribution in [0, 0.1) is 3.57 Å². The second-order valence-electron chi connectivity index (χ2n) is 5.42. The third-order valence-electron chi connectivity index (χ3n) is 3.92. The minimum absolute atomic E-state index is 0.608. The van der Waals surface area contributed by atoms with Gasteiger partial charge in [0, 0.05) is 18.4 Å². The van der Waals surface area contributed by atoms with Gasteiger partial charge < -0.3 is 5.32 Å². The molecule has 1 aromatic rings. The number of anilines is 1. The number of hydrogen-bond donors (Lipinski definition) is 1. The maximum absolute atomic E-state index is 4.90. The zero-order chi connectivity index (χ0) is 12.5. The van der Waals surface area contributed by atoms with Crippen molar-refractivity contribution in [2.75, 3.05) is 11.9 Å². The molecule has 0 atom stereocenters. The Bertz CT molecular complexity index is 437. The van der Waals surface area contributed by atoms with Crippen LogP contribution < -0.4 is 5.32 Å². The Balaban J connectivity index is 1.97. The lowest BCUT2D eigenvalue weighted by molar-refractivity contribution is 0.659. The van der Waals surface area contributed by atoms with Crippen molar-refractivity contribution in [3.8, 4) is 0 Å². The van der Waals surface area contributed by atoms with E-state index in [0.29, 0.717) is 11.8 Å². The average molecular weight is 357 g/mol. The van der Waals surface area contributed by atoms with Crippen molar-refractivity contribution >= 4 is 28.4 Å². The lowest BCUT2D eigenvalue weighted by atomic mass is 10.1. The van der Waals surface area contributed by atoms with Crippen LogP contribution in [0.3, 0.4) is 0 Å². The van der Waals surface area contributed by atoms with E-state index in [1.807, 2.05) is 0 Å². The summed E-state index contributed by atoms with van der Waals surface area (Å²) in [6.07, 6.45) is 7.85. The maximum Gasteiger partial charge on any atom is 0.143 e. The van der Waals surface area contributed by atoms with E-state index in [0.717, 1.165) is 18.2 Å². The van der Waals surface area contributed by atoms with Gasteiger partial charge in [-0.25, -0.2) is 9.97 Å². The van der Waals surface area contributed by atoms with Crippen LogP contribution in [0.25, 0.3) is 0 Å². The Morgan fingerprint density at radius 1 is 1.11 bits per heavy atom. The Hall–Kier alpha value is -0.390. The van der Waals surface area contributed by atoms with Gasteiger partial charge in [0.15, 0.2) is 0 Å². The highest BCUT2D eigenvalue weighted by molar-refractivity contribution is 14.1. The molecule has 4 heteroatoms. The number of nitrogens with zero attached hydrogens (tertiary/aromatic N) is 2. The lowest BCUT2D eigenvalue weighted by Gasteiger charge is -2.15. The second-order valence-corrected chi connectivity index (χ2v) is 6.49. The monoisotopic (exact) mass is 357 g/mol. The zero-order valence-corrected chi connectivity index (χ0v) is 13.0. The lowest BCUT2D eigenvalue weighted by Crippen LogP contribution is -2.11. The normalized spacial score (nSPS) is 20.3. The summed E-state index contributed by atoms with van der Waals surface area (Å²) >= 11 is 2.41. The summed E-state index contributed by atoms with van der Waals surface area (Å²) < 4.78 is 1.25. The first-order valence-electron chi connectivity index (χ1n) is 7.10. The van der Waals surface area contributed by atoms with Gasteiger partial charge >= 0.3 is 0 Å². The quantitative estimate of drug-likeness (QED) is 0.827. The van der Waals surface area contributed by atoms with Gasteiger partial charge in [0.1, 0.15) is 11.6 Å². The molecule has 0 aliphatic heterocycles. The number of nitrogens with one attached hydrogen (secondary N) is 1. The molecule has 98 valence electrons. The summed E-state index contributed by atoms with van der Waals surface area (Å²) in [4.78, 5) is 9.69. The number of halogens is 1. The van der Waals surface area contributed by atoms with E-state index in [4.69, 9.17) is 9.97 Å². The molecule has 2 aliphatic rings. The van der Waals surface area contributed by atoms with Crippen LogP contribution in [0.1, 0.15) is 68.8 Å². The maximum atomic E-state index is 4.90.